The second-order valence-corrected chi connectivity index (χ2v) is 11.9. The second-order valence-electron chi connectivity index (χ2n) is 10.9. The fourth-order valence-electron chi connectivity index (χ4n) is 4.70. The lowest BCUT2D eigenvalue weighted by atomic mass is 10.0. The van der Waals surface area contributed by atoms with Crippen molar-refractivity contribution in [2.24, 2.45) is 0 Å². The van der Waals surface area contributed by atoms with Crippen LogP contribution in [0, 0.1) is 0 Å². The summed E-state index contributed by atoms with van der Waals surface area (Å²) in [5.41, 5.74) is 0.958. The third-order valence-electron chi connectivity index (χ3n) is 7.19. The van der Waals surface area contributed by atoms with Gasteiger partial charge in [0.15, 0.2) is 0 Å². The van der Waals surface area contributed by atoms with Crippen molar-refractivity contribution in [1.82, 2.24) is 5.32 Å². The van der Waals surface area contributed by atoms with Crippen LogP contribution in [0.15, 0.2) is 24.3 Å². The molecular weight excluding hydrogens is 537 g/mol. The van der Waals surface area contributed by atoms with Crippen molar-refractivity contribution in [2.45, 2.75) is 136 Å². The van der Waals surface area contributed by atoms with Gasteiger partial charge in [0.25, 0.3) is 0 Å². The average molecular weight is 598 g/mol. The van der Waals surface area contributed by atoms with Gasteiger partial charge in [0.2, 0.25) is 0 Å². The molecule has 41 heavy (non-hydrogen) atoms. The number of hydrogen-bond acceptors (Lipinski definition) is 7. The van der Waals surface area contributed by atoms with Gasteiger partial charge in [-0.15, -0.1) is 0 Å². The summed E-state index contributed by atoms with van der Waals surface area (Å²) in [5.74, 6) is 0.506. The van der Waals surface area contributed by atoms with Crippen LogP contribution in [0.3, 0.4) is 0 Å². The molecule has 7 nitrogen and oxygen atoms in total. The van der Waals surface area contributed by atoms with Gasteiger partial charge in [-0.05, 0) is 25.1 Å². The van der Waals surface area contributed by atoms with Gasteiger partial charge < -0.3 is 28.7 Å². The number of carbonyl (C=O) groups is 1. The summed E-state index contributed by atoms with van der Waals surface area (Å²) < 4.78 is 22.4. The lowest BCUT2D eigenvalue weighted by molar-refractivity contribution is -0.150. The highest BCUT2D eigenvalue weighted by atomic mass is 31.2. The lowest BCUT2D eigenvalue weighted by Crippen LogP contribution is -2.25. The van der Waals surface area contributed by atoms with Gasteiger partial charge in [0.05, 0.1) is 19.8 Å². The van der Waals surface area contributed by atoms with E-state index in [9.17, 15) is 9.69 Å². The monoisotopic (exact) mass is 597 g/mol. The first-order valence-corrected chi connectivity index (χ1v) is 17.5. The molecular formula is C33H60NO6P. The van der Waals surface area contributed by atoms with E-state index in [1.54, 1.807) is 6.92 Å². The summed E-state index contributed by atoms with van der Waals surface area (Å²) in [7, 11) is -0.216. The third-order valence-corrected chi connectivity index (χ3v) is 7.96. The van der Waals surface area contributed by atoms with Crippen LogP contribution in [-0.4, -0.2) is 50.4 Å². The van der Waals surface area contributed by atoms with Crippen molar-refractivity contribution in [3.8, 4) is 5.75 Å². The van der Waals surface area contributed by atoms with Crippen LogP contribution >= 0.6 is 8.60 Å². The number of benzene rings is 1. The minimum Gasteiger partial charge on any atom is -0.493 e. The molecule has 0 aliphatic carbocycles. The van der Waals surface area contributed by atoms with Crippen LogP contribution in [0.5, 0.6) is 5.75 Å². The number of esters is 1. The molecule has 0 spiro atoms. The molecule has 2 N–H and O–H groups in total. The van der Waals surface area contributed by atoms with Crippen molar-refractivity contribution in [1.29, 1.82) is 0 Å². The van der Waals surface area contributed by atoms with Gasteiger partial charge in [-0.1, -0.05) is 128 Å². The lowest BCUT2D eigenvalue weighted by Gasteiger charge is -2.20. The van der Waals surface area contributed by atoms with E-state index in [1.807, 2.05) is 31.3 Å². The maximum atomic E-state index is 12.0. The van der Waals surface area contributed by atoms with E-state index in [0.29, 0.717) is 26.2 Å². The first kappa shape index (κ1) is 37.8. The Hall–Kier alpha value is -1.24. The molecule has 238 valence electrons. The Morgan fingerprint density at radius 1 is 0.805 bits per heavy atom. The molecule has 0 saturated carbocycles. The molecule has 1 aromatic carbocycles. The SMILES string of the molecule is CCCCCCCCCCCCCCCCCCOc1ccccc1CC(COP(O)OCCNC)OC(=O)CC. The molecule has 0 saturated heterocycles. The topological polar surface area (TPSA) is 86.2 Å². The van der Waals surface area contributed by atoms with Crippen LogP contribution in [0.1, 0.15) is 129 Å². The quantitative estimate of drug-likeness (QED) is 0.0543. The average Bonchev–Trinajstić information content (AvgIpc) is 2.98. The van der Waals surface area contributed by atoms with Crippen LogP contribution in [0.4, 0.5) is 0 Å². The van der Waals surface area contributed by atoms with Gasteiger partial charge in [-0.2, -0.15) is 0 Å². The Kier molecular flexibility index (Phi) is 25.4. The number of carbonyl (C=O) groups excluding carboxylic acids is 1. The predicted molar refractivity (Wildman–Crippen MR) is 170 cm³/mol. The van der Waals surface area contributed by atoms with E-state index in [2.05, 4.69) is 12.2 Å². The standard InChI is InChI=1S/C33H60NO6P/c1-4-6-7-8-9-10-11-12-13-14-15-16-17-18-19-22-26-37-32-24-21-20-23-30(32)28-31(40-33(35)5-2)29-39-41(36)38-27-25-34-3/h20-21,23-24,31,34,36H,4-19,22,25-29H2,1-3H3. The Morgan fingerprint density at radius 2 is 1.37 bits per heavy atom. The third kappa shape index (κ3) is 22.0. The number of rotatable bonds is 29. The predicted octanol–water partition coefficient (Wildman–Crippen LogP) is 8.66. The molecule has 0 aliphatic heterocycles. The molecule has 0 aliphatic rings. The van der Waals surface area contributed by atoms with Gasteiger partial charge >= 0.3 is 14.6 Å². The van der Waals surface area contributed by atoms with Crippen molar-refractivity contribution in [2.75, 3.05) is 33.4 Å². The number of likely N-dealkylation sites (N-methyl/N-ethyl adjacent to an activating group) is 1. The van der Waals surface area contributed by atoms with Crippen LogP contribution in [0.2, 0.25) is 0 Å². The molecule has 0 bridgehead atoms. The highest BCUT2D eigenvalue weighted by Crippen LogP contribution is 2.33. The Labute approximate surface area is 252 Å². The highest BCUT2D eigenvalue weighted by Gasteiger charge is 2.20. The molecule has 0 radical (unpaired) electrons. The van der Waals surface area contributed by atoms with Gasteiger partial charge in [-0.3, -0.25) is 4.79 Å². The summed E-state index contributed by atoms with van der Waals surface area (Å²) in [5, 5.41) is 2.95. The zero-order valence-electron chi connectivity index (χ0n) is 26.4. The molecule has 2 atom stereocenters. The maximum Gasteiger partial charge on any atom is 0.330 e. The molecule has 2 unspecified atom stereocenters. The maximum absolute atomic E-state index is 12.0. The molecule has 0 aromatic heterocycles. The Balaban J connectivity index is 2.22. The number of hydrogen-bond donors (Lipinski definition) is 2. The van der Waals surface area contributed by atoms with E-state index < -0.39 is 14.7 Å². The Morgan fingerprint density at radius 3 is 1.93 bits per heavy atom. The highest BCUT2D eigenvalue weighted by molar-refractivity contribution is 7.40. The number of unbranched alkanes of at least 4 members (excludes halogenated alkanes) is 15. The molecule has 0 amide bonds. The summed E-state index contributed by atoms with van der Waals surface area (Å²) in [6, 6.07) is 7.86. The van der Waals surface area contributed by atoms with Crippen LogP contribution in [-0.2, 0) is 25.0 Å². The van der Waals surface area contributed by atoms with E-state index in [0.717, 1.165) is 17.7 Å². The largest absolute Gasteiger partial charge is 0.493 e. The van der Waals surface area contributed by atoms with Gasteiger partial charge in [0.1, 0.15) is 11.9 Å². The molecule has 1 rings (SSSR count). The van der Waals surface area contributed by atoms with Gasteiger partial charge in [0, 0.05) is 19.4 Å². The molecule has 0 fully saturated rings. The van der Waals surface area contributed by atoms with E-state index >= 15 is 0 Å². The van der Waals surface area contributed by atoms with Crippen LogP contribution in [0.25, 0.3) is 0 Å². The minimum atomic E-state index is -2.03. The fourth-order valence-corrected chi connectivity index (χ4v) is 5.32. The van der Waals surface area contributed by atoms with E-state index in [4.69, 9.17) is 18.5 Å². The van der Waals surface area contributed by atoms with E-state index in [-0.39, 0.29) is 19.0 Å². The van der Waals surface area contributed by atoms with Crippen molar-refractivity contribution < 1.29 is 28.2 Å². The summed E-state index contributed by atoms with van der Waals surface area (Å²) in [6.45, 7) is 5.72. The zero-order valence-corrected chi connectivity index (χ0v) is 27.3. The molecule has 0 heterocycles. The first-order chi connectivity index (χ1) is 20.1. The number of para-hydroxylation sites is 1. The first-order valence-electron chi connectivity index (χ1n) is 16.4. The second kappa shape index (κ2) is 27.6. The number of nitrogens with one attached hydrogen (secondary N) is 1. The minimum absolute atomic E-state index is 0.0565. The summed E-state index contributed by atoms with van der Waals surface area (Å²) in [4.78, 5) is 22.0. The fraction of sp³-hybridized carbons (Fsp3) is 0.788. The summed E-state index contributed by atoms with van der Waals surface area (Å²) >= 11 is 0. The van der Waals surface area contributed by atoms with Gasteiger partial charge in [-0.25, -0.2) is 0 Å². The smallest absolute Gasteiger partial charge is 0.330 e. The normalized spacial score (nSPS) is 12.8. The van der Waals surface area contributed by atoms with E-state index in [1.165, 1.54) is 96.3 Å². The van der Waals surface area contributed by atoms with Crippen molar-refractivity contribution in [3.63, 3.8) is 0 Å². The molecule has 8 heteroatoms. The number of ether oxygens (including phenoxy) is 2. The zero-order chi connectivity index (χ0) is 29.8. The van der Waals surface area contributed by atoms with Crippen LogP contribution < -0.4 is 10.1 Å². The van der Waals surface area contributed by atoms with Crippen molar-refractivity contribution in [3.05, 3.63) is 29.8 Å². The Bertz CT molecular complexity index is 737. The summed E-state index contributed by atoms with van der Waals surface area (Å²) in [6.07, 6.45) is 21.7. The molecule has 1 aromatic rings. The van der Waals surface area contributed by atoms with Crippen molar-refractivity contribution >= 4 is 14.6 Å².